The van der Waals surface area contributed by atoms with Gasteiger partial charge in [-0.3, -0.25) is 19.7 Å². The van der Waals surface area contributed by atoms with Crippen LogP contribution < -0.4 is 10.6 Å². The number of Topliss-reactive ketones (excluding diaryl/α,β-unsaturated/α-hetero) is 1. The zero-order valence-electron chi connectivity index (χ0n) is 15.7. The van der Waals surface area contributed by atoms with Crippen LogP contribution in [0.25, 0.3) is 0 Å². The normalized spacial score (nSPS) is 20.2. The van der Waals surface area contributed by atoms with Crippen LogP contribution in [0, 0.1) is 0 Å². The van der Waals surface area contributed by atoms with Gasteiger partial charge in [0.2, 0.25) is 11.9 Å². The lowest BCUT2D eigenvalue weighted by atomic mass is 10.1. The van der Waals surface area contributed by atoms with Gasteiger partial charge in [-0.05, 0) is 37.7 Å². The third-order valence-corrected chi connectivity index (χ3v) is 4.89. The Morgan fingerprint density at radius 1 is 1.19 bits per heavy atom. The minimum atomic E-state index is -0.708. The number of hydrogen-bond donors (Lipinski definition) is 2. The smallest absolute Gasteiger partial charge is 0.252 e. The minimum absolute atomic E-state index is 0.0152. The number of likely N-dealkylation sites (N-methyl/N-ethyl adjacent to an activating group) is 1. The molecular weight excluding hydrogens is 346 g/mol. The number of aliphatic imine (C=N–C) groups is 1. The van der Waals surface area contributed by atoms with Gasteiger partial charge in [0.15, 0.2) is 5.78 Å². The maximum Gasteiger partial charge on any atom is 0.252 e. The molecule has 144 valence electrons. The van der Waals surface area contributed by atoms with Crippen molar-refractivity contribution in [2.75, 3.05) is 38.0 Å². The number of carbonyl (C=O) groups excluding carboxylic acids is 3. The average molecular weight is 371 g/mol. The molecule has 1 saturated heterocycles. The third kappa shape index (κ3) is 4.71. The fraction of sp³-hybridized carbons (Fsp3) is 0.474. The molecule has 0 bridgehead atoms. The number of amides is 2. The monoisotopic (exact) mass is 371 g/mol. The topological polar surface area (TPSA) is 94.1 Å². The van der Waals surface area contributed by atoms with E-state index in [0.717, 1.165) is 32.7 Å². The first kappa shape index (κ1) is 19.0. The van der Waals surface area contributed by atoms with Crippen LogP contribution in [0.1, 0.15) is 30.6 Å². The predicted octanol–water partition coefficient (Wildman–Crippen LogP) is 0.710. The Hall–Kier alpha value is -2.74. The minimum Gasteiger partial charge on any atom is -0.340 e. The predicted molar refractivity (Wildman–Crippen MR) is 103 cm³/mol. The number of nitrogens with one attached hydrogen (secondary N) is 2. The van der Waals surface area contributed by atoms with Gasteiger partial charge in [-0.15, -0.1) is 0 Å². The largest absolute Gasteiger partial charge is 0.340 e. The van der Waals surface area contributed by atoms with E-state index < -0.39 is 6.04 Å². The molecule has 1 fully saturated rings. The molecule has 3 rings (SSSR count). The van der Waals surface area contributed by atoms with Crippen molar-refractivity contribution < 1.29 is 14.4 Å². The van der Waals surface area contributed by atoms with Crippen LogP contribution in [0.5, 0.6) is 0 Å². The van der Waals surface area contributed by atoms with Gasteiger partial charge < -0.3 is 15.1 Å². The highest BCUT2D eigenvalue weighted by molar-refractivity contribution is 6.07. The highest BCUT2D eigenvalue weighted by Crippen LogP contribution is 2.14. The van der Waals surface area contributed by atoms with Crippen LogP contribution in [0.15, 0.2) is 29.3 Å². The lowest BCUT2D eigenvalue weighted by Crippen LogP contribution is -2.51. The lowest BCUT2D eigenvalue weighted by Gasteiger charge is -2.34. The second-order valence-corrected chi connectivity index (χ2v) is 6.76. The van der Waals surface area contributed by atoms with Crippen LogP contribution in [0.3, 0.4) is 0 Å². The van der Waals surface area contributed by atoms with E-state index in [1.54, 1.807) is 24.3 Å². The molecule has 0 radical (unpaired) electrons. The van der Waals surface area contributed by atoms with Gasteiger partial charge in [0.25, 0.3) is 5.91 Å². The number of piperazine rings is 1. The van der Waals surface area contributed by atoms with Crippen molar-refractivity contribution in [3.63, 3.8) is 0 Å². The molecule has 27 heavy (non-hydrogen) atoms. The summed E-state index contributed by atoms with van der Waals surface area (Å²) in [6, 6.07) is 5.95. The summed E-state index contributed by atoms with van der Waals surface area (Å²) in [4.78, 5) is 44.5. The lowest BCUT2D eigenvalue weighted by molar-refractivity contribution is -0.124. The fourth-order valence-corrected chi connectivity index (χ4v) is 3.18. The molecule has 0 aromatic heterocycles. The molecule has 2 heterocycles. The summed E-state index contributed by atoms with van der Waals surface area (Å²) >= 11 is 0. The van der Waals surface area contributed by atoms with Crippen LogP contribution in [0.4, 0.5) is 5.69 Å². The highest BCUT2D eigenvalue weighted by Gasteiger charge is 2.32. The quantitative estimate of drug-likeness (QED) is 0.744. The summed E-state index contributed by atoms with van der Waals surface area (Å²) in [5.41, 5.74) is 1.17. The van der Waals surface area contributed by atoms with Gasteiger partial charge in [0, 0.05) is 37.4 Å². The number of guanidine groups is 1. The first-order valence-electron chi connectivity index (χ1n) is 9.23. The van der Waals surface area contributed by atoms with Crippen LogP contribution in [-0.2, 0) is 9.59 Å². The molecule has 2 aliphatic heterocycles. The second-order valence-electron chi connectivity index (χ2n) is 6.76. The van der Waals surface area contributed by atoms with Crippen molar-refractivity contribution in [3.05, 3.63) is 29.8 Å². The molecule has 1 atom stereocenters. The summed E-state index contributed by atoms with van der Waals surface area (Å²) in [5.74, 6) is 0.00744. The number of hydrogen-bond acceptors (Lipinski definition) is 6. The number of carbonyl (C=O) groups is 3. The Morgan fingerprint density at radius 2 is 1.85 bits per heavy atom. The Balaban J connectivity index is 1.55. The molecule has 1 aromatic carbocycles. The third-order valence-electron chi connectivity index (χ3n) is 4.89. The van der Waals surface area contributed by atoms with Crippen molar-refractivity contribution in [3.8, 4) is 0 Å². The average Bonchev–Trinajstić information content (AvgIpc) is 3.02. The molecule has 8 heteroatoms. The second kappa shape index (κ2) is 8.30. The van der Waals surface area contributed by atoms with Crippen LogP contribution >= 0.6 is 0 Å². The van der Waals surface area contributed by atoms with E-state index in [1.807, 2.05) is 0 Å². The van der Waals surface area contributed by atoms with Crippen molar-refractivity contribution in [2.45, 2.75) is 26.3 Å². The zero-order chi connectivity index (χ0) is 19.4. The summed E-state index contributed by atoms with van der Waals surface area (Å²) in [5, 5.41) is 5.54. The maximum atomic E-state index is 12.3. The van der Waals surface area contributed by atoms with Gasteiger partial charge in [-0.25, -0.2) is 4.99 Å². The van der Waals surface area contributed by atoms with E-state index in [2.05, 4.69) is 32.3 Å². The van der Waals surface area contributed by atoms with Gasteiger partial charge in [-0.2, -0.15) is 0 Å². The molecule has 0 aliphatic carbocycles. The fourth-order valence-electron chi connectivity index (χ4n) is 3.18. The number of ketones is 1. The molecule has 2 amide bonds. The maximum absolute atomic E-state index is 12.3. The van der Waals surface area contributed by atoms with E-state index in [4.69, 9.17) is 0 Å². The molecule has 2 aliphatic rings. The first-order chi connectivity index (χ1) is 13.0. The van der Waals surface area contributed by atoms with Gasteiger partial charge in [-0.1, -0.05) is 6.92 Å². The Labute approximate surface area is 158 Å². The van der Waals surface area contributed by atoms with Crippen molar-refractivity contribution in [1.82, 2.24) is 15.1 Å². The van der Waals surface area contributed by atoms with Crippen molar-refractivity contribution in [1.29, 1.82) is 0 Å². The SMILES string of the molecule is CCN1CCN(C2=N[C@@H](CC(=O)Nc3ccc(C(C)=O)cc3)C(=O)N2)CC1. The molecule has 2 N–H and O–H groups in total. The number of anilines is 1. The number of benzene rings is 1. The van der Waals surface area contributed by atoms with Crippen molar-refractivity contribution in [2.24, 2.45) is 4.99 Å². The summed E-state index contributed by atoms with van der Waals surface area (Å²) in [6.07, 6.45) is -0.0152. The summed E-state index contributed by atoms with van der Waals surface area (Å²) in [7, 11) is 0. The molecular formula is C19H25N5O3. The number of nitrogens with zero attached hydrogens (tertiary/aromatic N) is 3. The van der Waals surface area contributed by atoms with Crippen molar-refractivity contribution >= 4 is 29.2 Å². The summed E-state index contributed by atoms with van der Waals surface area (Å²) in [6.45, 7) is 8.14. The molecule has 1 aromatic rings. The Bertz CT molecular complexity index is 751. The highest BCUT2D eigenvalue weighted by atomic mass is 16.2. The van der Waals surface area contributed by atoms with Gasteiger partial charge in [0.05, 0.1) is 6.42 Å². The molecule has 0 unspecified atom stereocenters. The zero-order valence-corrected chi connectivity index (χ0v) is 15.7. The van der Waals surface area contributed by atoms with Crippen LogP contribution in [-0.4, -0.2) is 72.1 Å². The van der Waals surface area contributed by atoms with E-state index in [9.17, 15) is 14.4 Å². The van der Waals surface area contributed by atoms with E-state index in [1.165, 1.54) is 6.92 Å². The van der Waals surface area contributed by atoms with E-state index in [0.29, 0.717) is 17.2 Å². The first-order valence-corrected chi connectivity index (χ1v) is 9.23. The van der Waals surface area contributed by atoms with Gasteiger partial charge >= 0.3 is 0 Å². The molecule has 8 nitrogen and oxygen atoms in total. The molecule has 0 spiro atoms. The molecule has 0 saturated carbocycles. The van der Waals surface area contributed by atoms with Gasteiger partial charge in [0.1, 0.15) is 6.04 Å². The van der Waals surface area contributed by atoms with Crippen LogP contribution in [0.2, 0.25) is 0 Å². The Morgan fingerprint density at radius 3 is 2.44 bits per heavy atom. The summed E-state index contributed by atoms with van der Waals surface area (Å²) < 4.78 is 0. The van der Waals surface area contributed by atoms with E-state index >= 15 is 0 Å². The van der Waals surface area contributed by atoms with E-state index in [-0.39, 0.29) is 24.0 Å². The Kier molecular flexibility index (Phi) is 5.85. The standard InChI is InChI=1S/C19H25N5O3/c1-3-23-8-10-24(11-9-23)19-21-16(18(27)22-19)12-17(26)20-15-6-4-14(5-7-15)13(2)25/h4-7,16H,3,8-12H2,1-2H3,(H,20,26)(H,21,22,27)/t16-/m0/s1. The number of rotatable bonds is 5.